The predicted octanol–water partition coefficient (Wildman–Crippen LogP) is 2.89. The average Bonchev–Trinajstić information content (AvgIpc) is 2.89. The topological polar surface area (TPSA) is 68.2 Å². The molecule has 0 radical (unpaired) electrons. The van der Waals surface area contributed by atoms with E-state index in [0.717, 1.165) is 11.3 Å². The molecule has 0 saturated heterocycles. The largest absolute Gasteiger partial charge is 0.382 e. The maximum atomic E-state index is 12.2. The number of carbonyl (C=O) groups excluding carboxylic acids is 1. The maximum absolute atomic E-state index is 12.2. The lowest BCUT2D eigenvalue weighted by Crippen LogP contribution is -2.36. The van der Waals surface area contributed by atoms with Crippen LogP contribution in [0.25, 0.3) is 0 Å². The molecule has 1 heterocycles. The number of amides is 2. The smallest absolute Gasteiger partial charge is 0.319 e. The van der Waals surface area contributed by atoms with Gasteiger partial charge in [-0.05, 0) is 24.6 Å². The number of anilines is 1. The Morgan fingerprint density at radius 1 is 1.45 bits per heavy atom. The minimum absolute atomic E-state index is 0.305. The highest BCUT2D eigenvalue weighted by Gasteiger charge is 2.18. The van der Waals surface area contributed by atoms with E-state index in [1.165, 1.54) is 0 Å². The summed E-state index contributed by atoms with van der Waals surface area (Å²) in [6.45, 7) is 2.23. The molecule has 0 bridgehead atoms. The molecule has 0 unspecified atom stereocenters. The van der Waals surface area contributed by atoms with Gasteiger partial charge in [0.15, 0.2) is 0 Å². The van der Waals surface area contributed by atoms with Crippen LogP contribution in [0.4, 0.5) is 10.5 Å². The van der Waals surface area contributed by atoms with Crippen LogP contribution >= 0.6 is 11.6 Å². The second-order valence-electron chi connectivity index (χ2n) is 4.92. The molecular formula is C15H19ClN4O2. The summed E-state index contributed by atoms with van der Waals surface area (Å²) in [6, 6.07) is 6.64. The molecule has 118 valence electrons. The molecule has 2 rings (SSSR count). The third-order valence-electron chi connectivity index (χ3n) is 3.31. The number of nitrogens with one attached hydrogen (secondary N) is 2. The highest BCUT2D eigenvalue weighted by atomic mass is 35.5. The first-order valence-electron chi connectivity index (χ1n) is 6.82. The number of carbonyl (C=O) groups is 1. The Morgan fingerprint density at radius 2 is 2.23 bits per heavy atom. The summed E-state index contributed by atoms with van der Waals surface area (Å²) in [7, 11) is 3.40. The van der Waals surface area contributed by atoms with E-state index in [1.54, 1.807) is 24.1 Å². The molecule has 0 aliphatic rings. The molecule has 0 aliphatic heterocycles. The lowest BCUT2D eigenvalue weighted by molar-refractivity contribution is 0.165. The Kier molecular flexibility index (Phi) is 5.41. The van der Waals surface area contributed by atoms with Crippen molar-refractivity contribution in [1.29, 1.82) is 0 Å². The average molecular weight is 323 g/mol. The summed E-state index contributed by atoms with van der Waals surface area (Å²) in [4.78, 5) is 12.2. The van der Waals surface area contributed by atoms with Crippen LogP contribution in [0.15, 0.2) is 30.5 Å². The zero-order valence-electron chi connectivity index (χ0n) is 12.8. The van der Waals surface area contributed by atoms with E-state index in [1.807, 2.05) is 32.2 Å². The highest BCUT2D eigenvalue weighted by Crippen LogP contribution is 2.25. The number of methoxy groups -OCH3 is 1. The molecule has 1 atom stereocenters. The number of hydrogen-bond donors (Lipinski definition) is 2. The van der Waals surface area contributed by atoms with E-state index >= 15 is 0 Å². The molecule has 6 nitrogen and oxygen atoms in total. The second-order valence-corrected chi connectivity index (χ2v) is 5.33. The first-order chi connectivity index (χ1) is 10.5. The number of para-hydroxylation sites is 1. The fourth-order valence-corrected chi connectivity index (χ4v) is 2.46. The van der Waals surface area contributed by atoms with E-state index in [2.05, 4.69) is 15.7 Å². The Balaban J connectivity index is 2.10. The molecular weight excluding hydrogens is 304 g/mol. The van der Waals surface area contributed by atoms with Gasteiger partial charge in [-0.15, -0.1) is 0 Å². The van der Waals surface area contributed by atoms with Crippen molar-refractivity contribution >= 4 is 23.3 Å². The molecule has 7 heteroatoms. The second kappa shape index (κ2) is 7.29. The van der Waals surface area contributed by atoms with Gasteiger partial charge >= 0.3 is 6.03 Å². The summed E-state index contributed by atoms with van der Waals surface area (Å²) in [5, 5.41) is 10.3. The highest BCUT2D eigenvalue weighted by molar-refractivity contribution is 6.33. The van der Waals surface area contributed by atoms with Gasteiger partial charge in [-0.1, -0.05) is 23.7 Å². The van der Waals surface area contributed by atoms with E-state index < -0.39 is 0 Å². The standard InChI is InChI=1S/C15H19ClN4O2/c1-10-5-4-6-11(16)14(10)19-15(21)18-12(9-22-3)13-7-8-17-20(13)2/h4-8,12H,9H2,1-3H3,(H2,18,19,21)/t12-/m0/s1. The van der Waals surface area contributed by atoms with Crippen molar-refractivity contribution < 1.29 is 9.53 Å². The zero-order chi connectivity index (χ0) is 16.1. The van der Waals surface area contributed by atoms with Crippen LogP contribution in [0.1, 0.15) is 17.3 Å². The molecule has 0 saturated carbocycles. The number of aromatic nitrogens is 2. The molecule has 22 heavy (non-hydrogen) atoms. The normalized spacial score (nSPS) is 12.0. The van der Waals surface area contributed by atoms with Gasteiger partial charge in [0, 0.05) is 20.4 Å². The number of benzene rings is 1. The number of hydrogen-bond acceptors (Lipinski definition) is 3. The van der Waals surface area contributed by atoms with Crippen molar-refractivity contribution in [3.8, 4) is 0 Å². The minimum Gasteiger partial charge on any atom is -0.382 e. The number of nitrogens with zero attached hydrogens (tertiary/aromatic N) is 2. The van der Waals surface area contributed by atoms with Crippen LogP contribution in [-0.2, 0) is 11.8 Å². The van der Waals surface area contributed by atoms with Gasteiger partial charge in [-0.25, -0.2) is 4.79 Å². The fourth-order valence-electron chi connectivity index (χ4n) is 2.19. The Morgan fingerprint density at radius 3 is 2.82 bits per heavy atom. The third-order valence-corrected chi connectivity index (χ3v) is 3.63. The van der Waals surface area contributed by atoms with Gasteiger partial charge in [0.25, 0.3) is 0 Å². The quantitative estimate of drug-likeness (QED) is 0.889. The van der Waals surface area contributed by atoms with Crippen molar-refractivity contribution in [3.63, 3.8) is 0 Å². The number of rotatable bonds is 5. The molecule has 2 amide bonds. The van der Waals surface area contributed by atoms with Crippen LogP contribution in [0.3, 0.4) is 0 Å². The molecule has 2 N–H and O–H groups in total. The number of ether oxygens (including phenoxy) is 1. The molecule has 1 aromatic heterocycles. The Hall–Kier alpha value is -2.05. The van der Waals surface area contributed by atoms with E-state index in [9.17, 15) is 4.79 Å². The van der Waals surface area contributed by atoms with Gasteiger partial charge in [-0.3, -0.25) is 4.68 Å². The van der Waals surface area contributed by atoms with E-state index in [-0.39, 0.29) is 12.1 Å². The van der Waals surface area contributed by atoms with Crippen molar-refractivity contribution in [2.75, 3.05) is 19.0 Å². The van der Waals surface area contributed by atoms with E-state index in [4.69, 9.17) is 16.3 Å². The van der Waals surface area contributed by atoms with Crippen LogP contribution in [0.2, 0.25) is 5.02 Å². The van der Waals surface area contributed by atoms with Crippen LogP contribution in [-0.4, -0.2) is 29.5 Å². The van der Waals surface area contributed by atoms with Gasteiger partial charge in [0.2, 0.25) is 0 Å². The summed E-state index contributed by atoms with van der Waals surface area (Å²) in [5.74, 6) is 0. The summed E-state index contributed by atoms with van der Waals surface area (Å²) >= 11 is 6.11. The Labute approximate surface area is 134 Å². The lowest BCUT2D eigenvalue weighted by atomic mass is 10.2. The van der Waals surface area contributed by atoms with Gasteiger partial charge in [0.1, 0.15) is 0 Å². The SMILES string of the molecule is COC[C@H](NC(=O)Nc1c(C)cccc1Cl)c1ccnn1C. The van der Waals surface area contributed by atoms with Crippen molar-refractivity contribution in [2.45, 2.75) is 13.0 Å². The van der Waals surface area contributed by atoms with Crippen molar-refractivity contribution in [1.82, 2.24) is 15.1 Å². The molecule has 0 fully saturated rings. The summed E-state index contributed by atoms with van der Waals surface area (Å²) in [6.07, 6.45) is 1.68. The van der Waals surface area contributed by atoms with Crippen LogP contribution in [0.5, 0.6) is 0 Å². The van der Waals surface area contributed by atoms with Gasteiger partial charge in [0.05, 0.1) is 29.1 Å². The molecule has 0 aliphatic carbocycles. The first-order valence-corrected chi connectivity index (χ1v) is 7.20. The molecule has 0 spiro atoms. The summed E-state index contributed by atoms with van der Waals surface area (Å²) < 4.78 is 6.87. The monoisotopic (exact) mass is 322 g/mol. The summed E-state index contributed by atoms with van der Waals surface area (Å²) in [5.41, 5.74) is 2.35. The van der Waals surface area contributed by atoms with Gasteiger partial charge < -0.3 is 15.4 Å². The number of urea groups is 1. The minimum atomic E-state index is -0.348. The number of halogens is 1. The zero-order valence-corrected chi connectivity index (χ0v) is 13.5. The van der Waals surface area contributed by atoms with E-state index in [0.29, 0.717) is 17.3 Å². The molecule has 1 aromatic carbocycles. The lowest BCUT2D eigenvalue weighted by Gasteiger charge is -2.19. The maximum Gasteiger partial charge on any atom is 0.319 e. The van der Waals surface area contributed by atoms with Crippen LogP contribution in [0, 0.1) is 6.92 Å². The molecule has 2 aromatic rings. The van der Waals surface area contributed by atoms with Crippen molar-refractivity contribution in [3.05, 3.63) is 46.7 Å². The first kappa shape index (κ1) is 16.3. The fraction of sp³-hybridized carbons (Fsp3) is 0.333. The predicted molar refractivity (Wildman–Crippen MR) is 86.2 cm³/mol. The van der Waals surface area contributed by atoms with Crippen molar-refractivity contribution in [2.24, 2.45) is 7.05 Å². The van der Waals surface area contributed by atoms with Gasteiger partial charge in [-0.2, -0.15) is 5.10 Å². The number of aryl methyl sites for hydroxylation is 2. The van der Waals surface area contributed by atoms with Crippen LogP contribution < -0.4 is 10.6 Å². The Bertz CT molecular complexity index is 636. The third kappa shape index (κ3) is 3.78.